The second-order valence-corrected chi connectivity index (χ2v) is 10.2. The summed E-state index contributed by atoms with van der Waals surface area (Å²) in [5.74, 6) is -0.0385. The van der Waals surface area contributed by atoms with Crippen LogP contribution in [0.25, 0.3) is 0 Å². The normalized spacial score (nSPS) is 16.9. The number of rotatable bonds is 7. The van der Waals surface area contributed by atoms with Gasteiger partial charge in [0.25, 0.3) is 5.91 Å². The molecule has 180 valence electrons. The maximum Gasteiger partial charge on any atom is 0.251 e. The highest BCUT2D eigenvalue weighted by Crippen LogP contribution is 2.36. The SMILES string of the molecule is CC1(C)CC(NC(=O)c2ccc(Oc3cccc(CCC(N)=O)c3C#N)c(Cl)c2)CC(C)(C)O1. The second-order valence-electron chi connectivity index (χ2n) is 9.82. The molecule has 0 saturated carbocycles. The van der Waals surface area contributed by atoms with Crippen LogP contribution >= 0.6 is 11.6 Å². The maximum absolute atomic E-state index is 12.9. The summed E-state index contributed by atoms with van der Waals surface area (Å²) in [6.07, 6.45) is 1.88. The molecule has 0 bridgehead atoms. The smallest absolute Gasteiger partial charge is 0.251 e. The third-order valence-electron chi connectivity index (χ3n) is 5.64. The Morgan fingerprint density at radius 1 is 1.18 bits per heavy atom. The Labute approximate surface area is 205 Å². The summed E-state index contributed by atoms with van der Waals surface area (Å²) in [6.45, 7) is 8.09. The van der Waals surface area contributed by atoms with Gasteiger partial charge < -0.3 is 20.5 Å². The molecule has 34 heavy (non-hydrogen) atoms. The monoisotopic (exact) mass is 483 g/mol. The second kappa shape index (κ2) is 10.0. The largest absolute Gasteiger partial charge is 0.454 e. The lowest BCUT2D eigenvalue weighted by atomic mass is 9.85. The molecule has 1 aliphatic rings. The fourth-order valence-corrected chi connectivity index (χ4v) is 4.78. The third kappa shape index (κ3) is 6.49. The summed E-state index contributed by atoms with van der Waals surface area (Å²) in [5.41, 5.74) is 5.94. The van der Waals surface area contributed by atoms with Crippen molar-refractivity contribution in [3.8, 4) is 17.6 Å². The minimum Gasteiger partial charge on any atom is -0.454 e. The number of amides is 2. The Morgan fingerprint density at radius 2 is 1.85 bits per heavy atom. The van der Waals surface area contributed by atoms with E-state index in [2.05, 4.69) is 11.4 Å². The van der Waals surface area contributed by atoms with Crippen LogP contribution < -0.4 is 15.8 Å². The van der Waals surface area contributed by atoms with Crippen LogP contribution in [0.3, 0.4) is 0 Å². The minimum atomic E-state index is -0.444. The molecule has 0 atom stereocenters. The molecule has 1 fully saturated rings. The number of nitrogens with two attached hydrogens (primary N) is 1. The average molecular weight is 484 g/mol. The van der Waals surface area contributed by atoms with E-state index in [1.807, 2.05) is 27.7 Å². The molecular formula is C26H30ClN3O4. The number of primary amides is 1. The molecule has 7 nitrogen and oxygen atoms in total. The van der Waals surface area contributed by atoms with E-state index in [-0.39, 0.29) is 34.6 Å². The first-order chi connectivity index (χ1) is 15.9. The highest BCUT2D eigenvalue weighted by Gasteiger charge is 2.39. The predicted molar refractivity (Wildman–Crippen MR) is 130 cm³/mol. The van der Waals surface area contributed by atoms with Gasteiger partial charge in [0.2, 0.25) is 5.91 Å². The van der Waals surface area contributed by atoms with Crippen molar-refractivity contribution in [1.82, 2.24) is 5.32 Å². The van der Waals surface area contributed by atoms with Crippen molar-refractivity contribution in [3.05, 3.63) is 58.1 Å². The number of nitrogens with zero attached hydrogens (tertiary/aromatic N) is 1. The molecule has 1 heterocycles. The number of aryl methyl sites for hydroxylation is 1. The zero-order valence-electron chi connectivity index (χ0n) is 19.9. The Kier molecular flexibility index (Phi) is 7.54. The van der Waals surface area contributed by atoms with Crippen molar-refractivity contribution < 1.29 is 19.1 Å². The fraction of sp³-hybridized carbons (Fsp3) is 0.423. The van der Waals surface area contributed by atoms with Gasteiger partial charge in [0, 0.05) is 18.0 Å². The lowest BCUT2D eigenvalue weighted by Crippen LogP contribution is -2.52. The predicted octanol–water partition coefficient (Wildman–Crippen LogP) is 4.89. The number of ether oxygens (including phenoxy) is 2. The molecule has 0 aliphatic carbocycles. The lowest BCUT2D eigenvalue weighted by Gasteiger charge is -2.45. The van der Waals surface area contributed by atoms with Crippen LogP contribution in [0, 0.1) is 11.3 Å². The van der Waals surface area contributed by atoms with E-state index in [0.717, 1.165) is 0 Å². The van der Waals surface area contributed by atoms with Crippen molar-refractivity contribution in [3.63, 3.8) is 0 Å². The molecular weight excluding hydrogens is 454 g/mol. The van der Waals surface area contributed by atoms with E-state index in [0.29, 0.717) is 47.5 Å². The molecule has 0 spiro atoms. The van der Waals surface area contributed by atoms with E-state index in [9.17, 15) is 14.9 Å². The quantitative estimate of drug-likeness (QED) is 0.582. The van der Waals surface area contributed by atoms with Crippen LogP contribution in [0.1, 0.15) is 68.4 Å². The zero-order valence-corrected chi connectivity index (χ0v) is 20.7. The number of benzene rings is 2. The van der Waals surface area contributed by atoms with Gasteiger partial charge in [-0.05, 0) is 76.8 Å². The molecule has 8 heteroatoms. The van der Waals surface area contributed by atoms with Gasteiger partial charge in [-0.3, -0.25) is 9.59 Å². The summed E-state index contributed by atoms with van der Waals surface area (Å²) >= 11 is 6.43. The Morgan fingerprint density at radius 3 is 2.44 bits per heavy atom. The fourth-order valence-electron chi connectivity index (χ4n) is 4.56. The molecule has 0 aromatic heterocycles. The van der Waals surface area contributed by atoms with Crippen LogP contribution in [-0.4, -0.2) is 29.1 Å². The molecule has 3 rings (SSSR count). The van der Waals surface area contributed by atoms with E-state index in [1.165, 1.54) is 0 Å². The number of nitrogens with one attached hydrogen (secondary N) is 1. The van der Waals surface area contributed by atoms with E-state index < -0.39 is 5.91 Å². The van der Waals surface area contributed by atoms with Crippen molar-refractivity contribution in [2.75, 3.05) is 0 Å². The molecule has 1 aliphatic heterocycles. The van der Waals surface area contributed by atoms with Crippen LogP contribution in [0.4, 0.5) is 0 Å². The van der Waals surface area contributed by atoms with Crippen molar-refractivity contribution in [1.29, 1.82) is 5.26 Å². The minimum absolute atomic E-state index is 0.0257. The number of carbonyl (C=O) groups is 2. The molecule has 2 aromatic rings. The Balaban J connectivity index is 1.75. The zero-order chi connectivity index (χ0) is 25.1. The molecule has 0 unspecified atom stereocenters. The van der Waals surface area contributed by atoms with Crippen molar-refractivity contribution >= 4 is 23.4 Å². The topological polar surface area (TPSA) is 114 Å². The van der Waals surface area contributed by atoms with Crippen LogP contribution in [-0.2, 0) is 16.0 Å². The van der Waals surface area contributed by atoms with Gasteiger partial charge >= 0.3 is 0 Å². The standard InChI is InChI=1S/C26H30ClN3O4/c1-25(2)13-18(14-26(3,4)34-25)30-24(32)17-8-10-22(20(27)12-17)33-21-7-5-6-16(19(21)15-28)9-11-23(29)31/h5-8,10,12,18H,9,11,13-14H2,1-4H3,(H2,29,31)(H,30,32). The third-order valence-corrected chi connectivity index (χ3v) is 5.94. The van der Waals surface area contributed by atoms with Crippen LogP contribution in [0.15, 0.2) is 36.4 Å². The molecule has 1 saturated heterocycles. The highest BCUT2D eigenvalue weighted by atomic mass is 35.5. The number of halogens is 1. The first-order valence-electron chi connectivity index (χ1n) is 11.2. The van der Waals surface area contributed by atoms with E-state index in [1.54, 1.807) is 36.4 Å². The first kappa shape index (κ1) is 25.5. The molecule has 0 radical (unpaired) electrons. The van der Waals surface area contributed by atoms with Gasteiger partial charge in [0.1, 0.15) is 17.6 Å². The van der Waals surface area contributed by atoms with E-state index >= 15 is 0 Å². The van der Waals surface area contributed by atoms with Crippen molar-refractivity contribution in [2.45, 2.75) is 70.6 Å². The summed E-state index contributed by atoms with van der Waals surface area (Å²) in [5, 5.41) is 13.0. The molecule has 3 N–H and O–H groups in total. The lowest BCUT2D eigenvalue weighted by molar-refractivity contribution is -0.162. The molecule has 2 amide bonds. The summed E-state index contributed by atoms with van der Waals surface area (Å²) in [6, 6.07) is 12.0. The van der Waals surface area contributed by atoms with Gasteiger partial charge in [-0.15, -0.1) is 0 Å². The van der Waals surface area contributed by atoms with Gasteiger partial charge in [-0.1, -0.05) is 23.7 Å². The maximum atomic E-state index is 12.9. The highest BCUT2D eigenvalue weighted by molar-refractivity contribution is 6.32. The van der Waals surface area contributed by atoms with Crippen molar-refractivity contribution in [2.24, 2.45) is 5.73 Å². The van der Waals surface area contributed by atoms with Gasteiger partial charge in [0.15, 0.2) is 0 Å². The van der Waals surface area contributed by atoms with E-state index in [4.69, 9.17) is 26.8 Å². The molecule has 2 aromatic carbocycles. The number of hydrogen-bond acceptors (Lipinski definition) is 5. The summed E-state index contributed by atoms with van der Waals surface area (Å²) < 4.78 is 12.0. The van der Waals surface area contributed by atoms with Crippen LogP contribution in [0.5, 0.6) is 11.5 Å². The Bertz CT molecular complexity index is 1120. The van der Waals surface area contributed by atoms with Gasteiger partial charge in [-0.25, -0.2) is 0 Å². The van der Waals surface area contributed by atoms with Gasteiger partial charge in [0.05, 0.1) is 21.8 Å². The summed E-state index contributed by atoms with van der Waals surface area (Å²) in [4.78, 5) is 24.0. The first-order valence-corrected chi connectivity index (χ1v) is 11.6. The number of hydrogen-bond donors (Lipinski definition) is 2. The Hall–Kier alpha value is -3.08. The number of carbonyl (C=O) groups excluding carboxylic acids is 2. The van der Waals surface area contributed by atoms with Crippen LogP contribution in [0.2, 0.25) is 5.02 Å². The average Bonchev–Trinajstić information content (AvgIpc) is 2.71. The van der Waals surface area contributed by atoms with Gasteiger partial charge in [-0.2, -0.15) is 5.26 Å². The number of nitriles is 1. The summed E-state index contributed by atoms with van der Waals surface area (Å²) in [7, 11) is 0.